The summed E-state index contributed by atoms with van der Waals surface area (Å²) in [6.45, 7) is 1.16. The van der Waals surface area contributed by atoms with Gasteiger partial charge in [0.2, 0.25) is 11.8 Å². The Morgan fingerprint density at radius 3 is 2.48 bits per heavy atom. The Labute approximate surface area is 195 Å². The van der Waals surface area contributed by atoms with Gasteiger partial charge in [-0.05, 0) is 60.5 Å². The van der Waals surface area contributed by atoms with Crippen LogP contribution in [0.3, 0.4) is 0 Å². The lowest BCUT2D eigenvalue weighted by molar-refractivity contribution is -0.128. The predicted molar refractivity (Wildman–Crippen MR) is 127 cm³/mol. The molecule has 3 aromatic rings. The number of hydrogen-bond donors (Lipinski definition) is 1. The molecule has 0 saturated carbocycles. The normalized spacial score (nSPS) is 18.2. The van der Waals surface area contributed by atoms with Crippen molar-refractivity contribution in [2.75, 3.05) is 22.5 Å². The van der Waals surface area contributed by atoms with Crippen LogP contribution in [0.5, 0.6) is 0 Å². The monoisotopic (exact) mass is 461 g/mol. The van der Waals surface area contributed by atoms with E-state index in [2.05, 4.69) is 5.32 Å². The second-order valence-corrected chi connectivity index (χ2v) is 9.10. The highest BCUT2D eigenvalue weighted by molar-refractivity contribution is 8.00. The van der Waals surface area contributed by atoms with E-state index in [1.807, 2.05) is 36.4 Å². The quantitative estimate of drug-likeness (QED) is 0.587. The zero-order valence-corrected chi connectivity index (χ0v) is 18.7. The molecule has 5 rings (SSSR count). The third-order valence-corrected chi connectivity index (χ3v) is 7.10. The summed E-state index contributed by atoms with van der Waals surface area (Å²) in [4.78, 5) is 40.5. The number of carbonyl (C=O) groups is 3. The first kappa shape index (κ1) is 21.3. The summed E-state index contributed by atoms with van der Waals surface area (Å²) >= 11 is 1.57. The fourth-order valence-corrected chi connectivity index (χ4v) is 5.31. The van der Waals surface area contributed by atoms with Crippen LogP contribution in [0.4, 0.5) is 11.4 Å². The fourth-order valence-electron chi connectivity index (χ4n) is 4.12. The van der Waals surface area contributed by atoms with Crippen molar-refractivity contribution in [2.45, 2.75) is 24.8 Å². The maximum absolute atomic E-state index is 12.7. The van der Waals surface area contributed by atoms with Crippen LogP contribution < -0.4 is 10.2 Å². The van der Waals surface area contributed by atoms with Crippen LogP contribution in [0.15, 0.2) is 71.3 Å². The Bertz CT molecular complexity index is 1160. The van der Waals surface area contributed by atoms with Gasteiger partial charge in [0, 0.05) is 29.9 Å². The van der Waals surface area contributed by atoms with E-state index in [0.29, 0.717) is 30.0 Å². The topological polar surface area (TPSA) is 82.9 Å². The molecular formula is C25H23N3O4S. The molecular weight excluding hydrogens is 438 g/mol. The zero-order chi connectivity index (χ0) is 22.8. The molecule has 1 aromatic heterocycles. The first-order valence-corrected chi connectivity index (χ1v) is 11.9. The highest BCUT2D eigenvalue weighted by atomic mass is 32.2. The number of anilines is 2. The summed E-state index contributed by atoms with van der Waals surface area (Å²) < 4.78 is 5.40. The first-order chi connectivity index (χ1) is 16.1. The van der Waals surface area contributed by atoms with Crippen molar-refractivity contribution < 1.29 is 18.8 Å². The number of nitrogens with one attached hydrogen (secondary N) is 1. The van der Waals surface area contributed by atoms with Crippen molar-refractivity contribution in [2.24, 2.45) is 0 Å². The number of furan rings is 1. The molecule has 0 spiro atoms. The summed E-state index contributed by atoms with van der Waals surface area (Å²) in [5.74, 6) is 1.16. The van der Waals surface area contributed by atoms with Crippen molar-refractivity contribution in [3.8, 4) is 0 Å². The van der Waals surface area contributed by atoms with Gasteiger partial charge in [-0.15, -0.1) is 11.8 Å². The molecule has 2 saturated heterocycles. The molecule has 3 amide bonds. The smallest absolute Gasteiger partial charge is 0.255 e. The molecule has 0 bridgehead atoms. The Morgan fingerprint density at radius 1 is 1.03 bits per heavy atom. The van der Waals surface area contributed by atoms with Crippen LogP contribution in [0.2, 0.25) is 0 Å². The lowest BCUT2D eigenvalue weighted by Crippen LogP contribution is -2.27. The number of nitrogens with zero attached hydrogens (tertiary/aromatic N) is 2. The van der Waals surface area contributed by atoms with Gasteiger partial charge in [0.15, 0.2) is 0 Å². The molecule has 3 heterocycles. The molecule has 0 aliphatic carbocycles. The zero-order valence-electron chi connectivity index (χ0n) is 17.9. The van der Waals surface area contributed by atoms with Gasteiger partial charge in [0.25, 0.3) is 5.91 Å². The largest absolute Gasteiger partial charge is 0.467 e. The Morgan fingerprint density at radius 2 is 1.82 bits per heavy atom. The van der Waals surface area contributed by atoms with Crippen molar-refractivity contribution in [1.82, 2.24) is 4.90 Å². The number of benzene rings is 2. The average Bonchev–Trinajstić information content (AvgIpc) is 3.58. The second-order valence-electron chi connectivity index (χ2n) is 8.04. The van der Waals surface area contributed by atoms with Crippen LogP contribution in [0, 0.1) is 0 Å². The van der Waals surface area contributed by atoms with Crippen LogP contribution in [0.1, 0.15) is 39.9 Å². The minimum Gasteiger partial charge on any atom is -0.467 e. The van der Waals surface area contributed by atoms with E-state index in [0.717, 1.165) is 30.0 Å². The Hall–Kier alpha value is -3.52. The predicted octanol–water partition coefficient (Wildman–Crippen LogP) is 4.43. The SMILES string of the molecule is O=C(Nc1ccc(N2CCCC2=O)cc1)c1ccc([C@H]2SCC(=O)N2Cc2ccco2)cc1. The molecule has 1 N–H and O–H groups in total. The summed E-state index contributed by atoms with van der Waals surface area (Å²) in [7, 11) is 0. The molecule has 8 heteroatoms. The molecule has 2 fully saturated rings. The van der Waals surface area contributed by atoms with Gasteiger partial charge in [-0.2, -0.15) is 0 Å². The standard InChI is InChI=1S/C25H23N3O4S/c29-22-4-1-13-27(22)20-11-9-19(10-12-20)26-24(31)17-5-7-18(8-6-17)25-28(23(30)16-33-25)15-21-3-2-14-32-21/h2-3,5-12,14,25H,1,4,13,15-16H2,(H,26,31)/t25-/m1/s1. The van der Waals surface area contributed by atoms with Gasteiger partial charge >= 0.3 is 0 Å². The van der Waals surface area contributed by atoms with E-state index < -0.39 is 0 Å². The number of rotatable bonds is 6. The fraction of sp³-hybridized carbons (Fsp3) is 0.240. The number of thioether (sulfide) groups is 1. The molecule has 2 aliphatic heterocycles. The highest BCUT2D eigenvalue weighted by Crippen LogP contribution is 2.39. The number of amides is 3. The maximum Gasteiger partial charge on any atom is 0.255 e. The van der Waals surface area contributed by atoms with Crippen molar-refractivity contribution in [3.63, 3.8) is 0 Å². The van der Waals surface area contributed by atoms with E-state index in [4.69, 9.17) is 4.42 Å². The van der Waals surface area contributed by atoms with Crippen LogP contribution in [-0.2, 0) is 16.1 Å². The minimum atomic E-state index is -0.214. The molecule has 1 atom stereocenters. The second kappa shape index (κ2) is 9.15. The third-order valence-electron chi connectivity index (χ3n) is 5.84. The number of hydrogen-bond acceptors (Lipinski definition) is 5. The third kappa shape index (κ3) is 4.52. The van der Waals surface area contributed by atoms with E-state index in [9.17, 15) is 14.4 Å². The van der Waals surface area contributed by atoms with Crippen molar-refractivity contribution in [3.05, 3.63) is 83.8 Å². The number of carbonyl (C=O) groups excluding carboxylic acids is 3. The molecule has 7 nitrogen and oxygen atoms in total. The van der Waals surface area contributed by atoms with Crippen LogP contribution in [0.25, 0.3) is 0 Å². The van der Waals surface area contributed by atoms with Gasteiger partial charge < -0.3 is 19.5 Å². The first-order valence-electron chi connectivity index (χ1n) is 10.8. The summed E-state index contributed by atoms with van der Waals surface area (Å²) in [5, 5.41) is 2.79. The lowest BCUT2D eigenvalue weighted by atomic mass is 10.1. The molecule has 33 heavy (non-hydrogen) atoms. The average molecular weight is 462 g/mol. The maximum atomic E-state index is 12.7. The Kier molecular flexibility index (Phi) is 5.92. The van der Waals surface area contributed by atoms with Gasteiger partial charge in [-0.3, -0.25) is 14.4 Å². The van der Waals surface area contributed by atoms with E-state index in [1.165, 1.54) is 0 Å². The molecule has 2 aromatic carbocycles. The van der Waals surface area contributed by atoms with Crippen molar-refractivity contribution in [1.29, 1.82) is 0 Å². The Balaban J connectivity index is 1.24. The van der Waals surface area contributed by atoms with Crippen LogP contribution in [-0.4, -0.2) is 34.9 Å². The van der Waals surface area contributed by atoms with E-state index in [-0.39, 0.29) is 23.1 Å². The molecule has 2 aliphatic rings. The summed E-state index contributed by atoms with van der Waals surface area (Å²) in [6.07, 6.45) is 3.06. The minimum absolute atomic E-state index is 0.0716. The van der Waals surface area contributed by atoms with Crippen LogP contribution >= 0.6 is 11.8 Å². The van der Waals surface area contributed by atoms with E-state index in [1.54, 1.807) is 52.1 Å². The molecule has 0 radical (unpaired) electrons. The molecule has 0 unspecified atom stereocenters. The van der Waals surface area contributed by atoms with Gasteiger partial charge in [-0.1, -0.05) is 12.1 Å². The van der Waals surface area contributed by atoms with Crippen molar-refractivity contribution >= 4 is 40.9 Å². The van der Waals surface area contributed by atoms with E-state index >= 15 is 0 Å². The molecule has 168 valence electrons. The van der Waals surface area contributed by atoms with Gasteiger partial charge in [-0.25, -0.2) is 0 Å². The van der Waals surface area contributed by atoms with Gasteiger partial charge in [0.05, 0.1) is 18.6 Å². The lowest BCUT2D eigenvalue weighted by Gasteiger charge is -2.23. The highest BCUT2D eigenvalue weighted by Gasteiger charge is 2.33. The van der Waals surface area contributed by atoms with Gasteiger partial charge in [0.1, 0.15) is 11.1 Å². The summed E-state index contributed by atoms with van der Waals surface area (Å²) in [5.41, 5.74) is 3.02. The summed E-state index contributed by atoms with van der Waals surface area (Å²) in [6, 6.07) is 18.3.